The number of nitrogens with two attached hydrogens (primary N) is 1. The Labute approximate surface area is 375 Å². The Balaban J connectivity index is 1.36. The first-order valence-electron chi connectivity index (χ1n) is 20.7. The predicted octanol–water partition coefficient (Wildman–Crippen LogP) is 3.11. The maximum Gasteiger partial charge on any atom is 0.481 e. The number of phosphoric acid groups is 3. The molecule has 64 heavy (non-hydrogen) atoms. The smallest absolute Gasteiger partial charge is 0.386 e. The first kappa shape index (κ1) is 55.7. The standard InChI is InChI=1S/C35H63N8O17P3S/c1-5-6-7-8-9-10-11-12-13-14-18-42(4)34(48)64-19-17-37-25(44)15-16-38-32(47)29(46)35(2,3)21-57-63(54,55)60-62(52,53)56-20-24-28(59-61(49,50)51)27(45)33(58-24)43-23-41-26-30(36)39-22-40-31(26)43/h22-24,27-29,33,45-46H,5-21H2,1-4H3,(H,37,44)(H,38,47)(H,52,53)(H,54,55)(H2,36,39,40)(H2,49,50,51). The van der Waals surface area contributed by atoms with Crippen molar-refractivity contribution in [2.75, 3.05) is 51.4 Å². The van der Waals surface area contributed by atoms with Gasteiger partial charge in [0.15, 0.2) is 17.7 Å². The van der Waals surface area contributed by atoms with Gasteiger partial charge in [0.2, 0.25) is 11.8 Å². The zero-order valence-electron chi connectivity index (χ0n) is 36.3. The highest BCUT2D eigenvalue weighted by molar-refractivity contribution is 8.13. The second-order valence-electron chi connectivity index (χ2n) is 15.8. The van der Waals surface area contributed by atoms with Crippen molar-refractivity contribution in [1.29, 1.82) is 0 Å². The number of aromatic nitrogens is 4. The summed E-state index contributed by atoms with van der Waals surface area (Å²) in [5.74, 6) is -1.09. The quantitative estimate of drug-likeness (QED) is 0.0401. The summed E-state index contributed by atoms with van der Waals surface area (Å²) in [6.45, 7) is 3.39. The van der Waals surface area contributed by atoms with Crippen molar-refractivity contribution in [3.8, 4) is 0 Å². The lowest BCUT2D eigenvalue weighted by atomic mass is 9.87. The van der Waals surface area contributed by atoms with Crippen LogP contribution < -0.4 is 16.4 Å². The molecule has 25 nitrogen and oxygen atoms in total. The highest BCUT2D eigenvalue weighted by atomic mass is 32.2. The van der Waals surface area contributed by atoms with E-state index in [9.17, 15) is 57.9 Å². The fraction of sp³-hybridized carbons (Fsp3) is 0.771. The molecule has 0 bridgehead atoms. The summed E-state index contributed by atoms with van der Waals surface area (Å²) in [6, 6.07) is 0. The molecule has 0 radical (unpaired) electrons. The molecule has 0 saturated carbocycles. The van der Waals surface area contributed by atoms with Gasteiger partial charge in [-0.3, -0.25) is 32.5 Å². The van der Waals surface area contributed by atoms with E-state index in [0.717, 1.165) is 48.2 Å². The molecule has 1 fully saturated rings. The van der Waals surface area contributed by atoms with Gasteiger partial charge >= 0.3 is 23.5 Å². The Morgan fingerprint density at radius 1 is 0.953 bits per heavy atom. The van der Waals surface area contributed by atoms with Gasteiger partial charge in [-0.15, -0.1) is 0 Å². The molecule has 1 aliphatic heterocycles. The average Bonchev–Trinajstić information content (AvgIpc) is 3.78. The molecule has 1 saturated heterocycles. The minimum Gasteiger partial charge on any atom is -0.386 e. The molecular weight excluding hydrogens is 929 g/mol. The molecule has 0 spiro atoms. The van der Waals surface area contributed by atoms with Crippen LogP contribution in [-0.4, -0.2) is 141 Å². The first-order valence-corrected chi connectivity index (χ1v) is 26.2. The number of aliphatic hydroxyl groups excluding tert-OH is 2. The van der Waals surface area contributed by atoms with E-state index < -0.39 is 84.6 Å². The molecule has 29 heteroatoms. The molecule has 0 aromatic carbocycles. The summed E-state index contributed by atoms with van der Waals surface area (Å²) in [7, 11) is -14.7. The van der Waals surface area contributed by atoms with Gasteiger partial charge in [0.25, 0.3) is 5.24 Å². The van der Waals surface area contributed by atoms with Crippen molar-refractivity contribution in [3.63, 3.8) is 0 Å². The molecule has 3 heterocycles. The number of thioether (sulfide) groups is 1. The Morgan fingerprint density at radius 2 is 1.58 bits per heavy atom. The van der Waals surface area contributed by atoms with Crippen LogP contribution in [-0.2, 0) is 45.9 Å². The van der Waals surface area contributed by atoms with Crippen LogP contribution in [0, 0.1) is 5.41 Å². The number of carbonyl (C=O) groups excluding carboxylic acids is 3. The highest BCUT2D eigenvalue weighted by Crippen LogP contribution is 2.61. The van der Waals surface area contributed by atoms with Crippen molar-refractivity contribution >= 4 is 69.3 Å². The van der Waals surface area contributed by atoms with Gasteiger partial charge in [0.1, 0.15) is 36.3 Å². The van der Waals surface area contributed by atoms with Gasteiger partial charge < -0.3 is 55.8 Å². The zero-order valence-corrected chi connectivity index (χ0v) is 39.8. The number of anilines is 1. The van der Waals surface area contributed by atoms with Crippen molar-refractivity contribution in [1.82, 2.24) is 35.1 Å². The van der Waals surface area contributed by atoms with Crippen LogP contribution in [0.3, 0.4) is 0 Å². The van der Waals surface area contributed by atoms with Crippen molar-refractivity contribution in [3.05, 3.63) is 12.7 Å². The number of imidazole rings is 1. The third-order valence-electron chi connectivity index (χ3n) is 9.89. The molecule has 0 aliphatic carbocycles. The lowest BCUT2D eigenvalue weighted by molar-refractivity contribution is -0.137. The van der Waals surface area contributed by atoms with E-state index in [1.54, 1.807) is 11.9 Å². The largest absolute Gasteiger partial charge is 0.481 e. The number of hydrogen-bond donors (Lipinski definition) is 9. The van der Waals surface area contributed by atoms with E-state index in [0.29, 0.717) is 12.3 Å². The van der Waals surface area contributed by atoms with Gasteiger partial charge in [-0.25, -0.2) is 28.6 Å². The minimum absolute atomic E-state index is 0.0322. The summed E-state index contributed by atoms with van der Waals surface area (Å²) in [6.07, 6.45) is 5.13. The Bertz CT molecular complexity index is 1960. The van der Waals surface area contributed by atoms with Gasteiger partial charge in [0.05, 0.1) is 19.5 Å². The number of phosphoric ester groups is 3. The number of hydrogen-bond acceptors (Lipinski definition) is 18. The Kier molecular flexibility index (Phi) is 22.7. The van der Waals surface area contributed by atoms with Crippen LogP contribution in [0.5, 0.6) is 0 Å². The third-order valence-corrected chi connectivity index (χ3v) is 14.0. The number of unbranched alkanes of at least 4 members (excludes halogenated alkanes) is 9. The van der Waals surface area contributed by atoms with E-state index in [2.05, 4.69) is 41.3 Å². The normalized spacial score (nSPS) is 20.4. The minimum atomic E-state index is -5.58. The molecule has 3 rings (SSSR count). The molecular formula is C35H63N8O17P3S. The number of aliphatic hydroxyl groups is 2. The third kappa shape index (κ3) is 18.9. The number of carbonyl (C=O) groups is 3. The van der Waals surface area contributed by atoms with Crippen LogP contribution in [0.1, 0.15) is 97.6 Å². The fourth-order valence-corrected chi connectivity index (χ4v) is 9.83. The second-order valence-corrected chi connectivity index (χ2v) is 21.1. The van der Waals surface area contributed by atoms with Gasteiger partial charge in [-0.05, 0) is 6.42 Å². The van der Waals surface area contributed by atoms with Crippen LogP contribution in [0.25, 0.3) is 11.2 Å². The number of fused-ring (bicyclic) bond motifs is 1. The van der Waals surface area contributed by atoms with E-state index in [1.165, 1.54) is 58.8 Å². The summed E-state index contributed by atoms with van der Waals surface area (Å²) < 4.78 is 62.4. The number of nitrogens with one attached hydrogen (secondary N) is 2. The Hall–Kier alpha value is -2.64. The van der Waals surface area contributed by atoms with Gasteiger partial charge in [-0.2, -0.15) is 4.31 Å². The topological polar surface area (TPSA) is 367 Å². The summed E-state index contributed by atoms with van der Waals surface area (Å²) >= 11 is 1.09. The molecule has 10 N–H and O–H groups in total. The predicted molar refractivity (Wildman–Crippen MR) is 232 cm³/mol. The van der Waals surface area contributed by atoms with E-state index in [1.807, 2.05) is 0 Å². The molecule has 2 aromatic rings. The maximum absolute atomic E-state index is 12.7. The van der Waals surface area contributed by atoms with E-state index in [-0.39, 0.29) is 41.7 Å². The maximum atomic E-state index is 12.7. The summed E-state index contributed by atoms with van der Waals surface area (Å²) in [4.78, 5) is 90.2. The lowest BCUT2D eigenvalue weighted by Gasteiger charge is -2.30. The molecule has 3 amide bonds. The second kappa shape index (κ2) is 26.0. The van der Waals surface area contributed by atoms with Gasteiger partial charge in [-0.1, -0.05) is 90.3 Å². The van der Waals surface area contributed by atoms with Crippen LogP contribution in [0.4, 0.5) is 10.6 Å². The molecule has 7 atom stereocenters. The zero-order chi connectivity index (χ0) is 47.7. The number of ether oxygens (including phenoxy) is 1. The molecule has 2 aromatic heterocycles. The number of nitrogens with zero attached hydrogens (tertiary/aromatic N) is 5. The van der Waals surface area contributed by atoms with Crippen LogP contribution in [0.2, 0.25) is 0 Å². The highest BCUT2D eigenvalue weighted by Gasteiger charge is 2.50. The van der Waals surface area contributed by atoms with E-state index in [4.69, 9.17) is 19.5 Å². The SMILES string of the molecule is CCCCCCCCCCCCN(C)C(=O)SCCNC(=O)CCNC(=O)C(O)C(C)(C)COP(=O)(O)OP(=O)(O)OCC1OC(n2cnc3c(N)ncnc32)C(O)C1OP(=O)(O)O. The first-order chi connectivity index (χ1) is 30.0. The van der Waals surface area contributed by atoms with Gasteiger partial charge in [0, 0.05) is 44.3 Å². The fourth-order valence-electron chi connectivity index (χ4n) is 6.31. The van der Waals surface area contributed by atoms with Crippen LogP contribution in [0.15, 0.2) is 12.7 Å². The monoisotopic (exact) mass is 992 g/mol. The lowest BCUT2D eigenvalue weighted by Crippen LogP contribution is -2.46. The van der Waals surface area contributed by atoms with E-state index >= 15 is 0 Å². The number of rotatable bonds is 30. The van der Waals surface area contributed by atoms with Crippen LogP contribution >= 0.6 is 35.2 Å². The Morgan fingerprint density at radius 3 is 2.22 bits per heavy atom. The number of amides is 3. The summed E-state index contributed by atoms with van der Waals surface area (Å²) in [5, 5.41) is 26.5. The van der Waals surface area contributed by atoms with Crippen molar-refractivity contribution in [2.45, 2.75) is 122 Å². The van der Waals surface area contributed by atoms with Crippen molar-refractivity contribution in [2.24, 2.45) is 5.41 Å². The number of nitrogen functional groups attached to an aromatic ring is 1. The molecule has 366 valence electrons. The molecule has 1 aliphatic rings. The molecule has 7 unspecified atom stereocenters. The summed E-state index contributed by atoms with van der Waals surface area (Å²) in [5.41, 5.74) is 4.28. The average molecular weight is 993 g/mol. The van der Waals surface area contributed by atoms with Crippen molar-refractivity contribution < 1.29 is 80.5 Å².